The third kappa shape index (κ3) is 2.87. The Morgan fingerprint density at radius 1 is 1.33 bits per heavy atom. The van der Waals surface area contributed by atoms with E-state index in [0.29, 0.717) is 5.56 Å². The molecule has 0 spiro atoms. The summed E-state index contributed by atoms with van der Waals surface area (Å²) in [5.74, 6) is -2.19. The second-order valence-electron chi connectivity index (χ2n) is 4.26. The first-order valence-electron chi connectivity index (χ1n) is 5.46. The predicted molar refractivity (Wildman–Crippen MR) is 63.8 cm³/mol. The summed E-state index contributed by atoms with van der Waals surface area (Å²) < 4.78 is 4.48. The lowest BCUT2D eigenvalue weighted by atomic mass is 9.83. The highest BCUT2D eigenvalue weighted by Gasteiger charge is 2.44. The van der Waals surface area contributed by atoms with Crippen LogP contribution in [0.2, 0.25) is 0 Å². The molecule has 5 nitrogen and oxygen atoms in total. The monoisotopic (exact) mass is 252 g/mol. The van der Waals surface area contributed by atoms with Crippen LogP contribution in [0, 0.1) is 5.41 Å². The fourth-order valence-electron chi connectivity index (χ4n) is 1.66. The summed E-state index contributed by atoms with van der Waals surface area (Å²) in [7, 11) is 1.12. The summed E-state index contributed by atoms with van der Waals surface area (Å²) in [4.78, 5) is 22.7. The van der Waals surface area contributed by atoms with Crippen LogP contribution in [0.4, 0.5) is 0 Å². The molecule has 1 rings (SSSR count). The molecule has 0 saturated carbocycles. The summed E-state index contributed by atoms with van der Waals surface area (Å²) >= 11 is 0. The number of carboxylic acids is 1. The number of rotatable bonds is 5. The molecule has 0 aliphatic rings. The van der Waals surface area contributed by atoms with E-state index in [2.05, 4.69) is 4.74 Å². The largest absolute Gasteiger partial charge is 0.480 e. The fourth-order valence-corrected chi connectivity index (χ4v) is 1.66. The number of esters is 1. The number of benzene rings is 1. The minimum Gasteiger partial charge on any atom is -0.480 e. The van der Waals surface area contributed by atoms with E-state index in [9.17, 15) is 14.7 Å². The van der Waals surface area contributed by atoms with Crippen molar-refractivity contribution in [1.82, 2.24) is 0 Å². The van der Waals surface area contributed by atoms with E-state index >= 15 is 0 Å². The maximum absolute atomic E-state index is 11.5. The second kappa shape index (κ2) is 5.64. The molecular weight excluding hydrogens is 236 g/mol. The molecule has 2 N–H and O–H groups in total. The molecule has 0 aliphatic carbocycles. The third-order valence-corrected chi connectivity index (χ3v) is 2.89. The molecule has 1 aromatic carbocycles. The maximum atomic E-state index is 11.5. The topological polar surface area (TPSA) is 83.8 Å². The molecule has 0 bridgehead atoms. The van der Waals surface area contributed by atoms with Gasteiger partial charge in [0.25, 0.3) is 0 Å². The van der Waals surface area contributed by atoms with Gasteiger partial charge in [0, 0.05) is 6.42 Å². The van der Waals surface area contributed by atoms with Crippen molar-refractivity contribution in [2.45, 2.75) is 19.4 Å². The molecule has 0 aromatic heterocycles. The first-order chi connectivity index (χ1) is 8.41. The molecule has 1 aromatic rings. The van der Waals surface area contributed by atoms with Crippen LogP contribution in [0.1, 0.15) is 25.0 Å². The van der Waals surface area contributed by atoms with Crippen molar-refractivity contribution in [3.05, 3.63) is 35.9 Å². The van der Waals surface area contributed by atoms with Gasteiger partial charge in [-0.3, -0.25) is 9.59 Å². The Hall–Kier alpha value is -1.88. The van der Waals surface area contributed by atoms with E-state index in [0.717, 1.165) is 7.11 Å². The Morgan fingerprint density at radius 2 is 1.89 bits per heavy atom. The van der Waals surface area contributed by atoms with E-state index in [1.54, 1.807) is 30.3 Å². The highest BCUT2D eigenvalue weighted by molar-refractivity contribution is 5.98. The standard InChI is InChI=1S/C13H16O5/c1-13(11(15)16,12(17)18-2)8-10(14)9-6-4-3-5-7-9/h3-7,10,14H,8H2,1-2H3,(H,15,16). The van der Waals surface area contributed by atoms with Crippen molar-refractivity contribution in [2.75, 3.05) is 7.11 Å². The first kappa shape index (κ1) is 14.2. The van der Waals surface area contributed by atoms with E-state index in [-0.39, 0.29) is 6.42 Å². The van der Waals surface area contributed by atoms with Gasteiger partial charge in [-0.1, -0.05) is 30.3 Å². The quantitative estimate of drug-likeness (QED) is 0.611. The zero-order chi connectivity index (χ0) is 13.8. The Bertz CT molecular complexity index is 428. The molecule has 2 atom stereocenters. The van der Waals surface area contributed by atoms with Gasteiger partial charge in [0.05, 0.1) is 13.2 Å². The van der Waals surface area contributed by atoms with Gasteiger partial charge in [0.2, 0.25) is 0 Å². The molecule has 0 heterocycles. The number of carboxylic acid groups (broad SMARTS) is 1. The summed E-state index contributed by atoms with van der Waals surface area (Å²) in [5, 5.41) is 19.1. The van der Waals surface area contributed by atoms with Crippen LogP contribution in [0.25, 0.3) is 0 Å². The van der Waals surface area contributed by atoms with Gasteiger partial charge >= 0.3 is 11.9 Å². The number of hydrogen-bond donors (Lipinski definition) is 2. The van der Waals surface area contributed by atoms with Gasteiger partial charge in [-0.25, -0.2) is 0 Å². The van der Waals surface area contributed by atoms with E-state index in [1.807, 2.05) is 0 Å². The van der Waals surface area contributed by atoms with Crippen LogP contribution in [0.3, 0.4) is 0 Å². The lowest BCUT2D eigenvalue weighted by Gasteiger charge is -2.24. The van der Waals surface area contributed by atoms with Crippen molar-refractivity contribution in [3.8, 4) is 0 Å². The first-order valence-corrected chi connectivity index (χ1v) is 5.46. The van der Waals surface area contributed by atoms with E-state index in [4.69, 9.17) is 5.11 Å². The van der Waals surface area contributed by atoms with Crippen LogP contribution in [0.15, 0.2) is 30.3 Å². The fraction of sp³-hybridized carbons (Fsp3) is 0.385. The SMILES string of the molecule is COC(=O)C(C)(CC(O)c1ccccc1)C(=O)O. The van der Waals surface area contributed by atoms with Crippen LogP contribution in [-0.4, -0.2) is 29.3 Å². The Kier molecular flexibility index (Phi) is 4.44. The molecule has 0 fully saturated rings. The Balaban J connectivity index is 2.92. The molecule has 0 aliphatic heterocycles. The lowest BCUT2D eigenvalue weighted by molar-refractivity contribution is -0.168. The summed E-state index contributed by atoms with van der Waals surface area (Å²) in [5.41, 5.74) is -1.20. The van der Waals surface area contributed by atoms with Gasteiger partial charge in [-0.2, -0.15) is 0 Å². The smallest absolute Gasteiger partial charge is 0.323 e. The van der Waals surface area contributed by atoms with Crippen LogP contribution in [-0.2, 0) is 14.3 Å². The van der Waals surface area contributed by atoms with Crippen LogP contribution < -0.4 is 0 Å². The van der Waals surface area contributed by atoms with Gasteiger partial charge in [0.15, 0.2) is 5.41 Å². The van der Waals surface area contributed by atoms with E-state index < -0.39 is 23.5 Å². The molecule has 5 heteroatoms. The minimum absolute atomic E-state index is 0.237. The number of carbonyl (C=O) groups excluding carboxylic acids is 1. The average Bonchev–Trinajstić information content (AvgIpc) is 2.38. The number of hydrogen-bond acceptors (Lipinski definition) is 4. The minimum atomic E-state index is -1.76. The number of aliphatic hydroxyl groups is 1. The normalized spacial score (nSPS) is 15.5. The number of aliphatic hydroxyl groups excluding tert-OH is 1. The maximum Gasteiger partial charge on any atom is 0.323 e. The highest BCUT2D eigenvalue weighted by Crippen LogP contribution is 2.31. The van der Waals surface area contributed by atoms with Crippen molar-refractivity contribution in [2.24, 2.45) is 5.41 Å². The van der Waals surface area contributed by atoms with Gasteiger partial charge in [0.1, 0.15) is 0 Å². The molecule has 0 saturated heterocycles. The number of carbonyl (C=O) groups is 2. The third-order valence-electron chi connectivity index (χ3n) is 2.89. The average molecular weight is 252 g/mol. The van der Waals surface area contributed by atoms with Crippen LogP contribution in [0.5, 0.6) is 0 Å². The number of ether oxygens (including phenoxy) is 1. The number of aliphatic carboxylic acids is 1. The predicted octanol–water partition coefficient (Wildman–Crippen LogP) is 1.37. The molecule has 98 valence electrons. The van der Waals surface area contributed by atoms with Gasteiger partial charge in [-0.15, -0.1) is 0 Å². The van der Waals surface area contributed by atoms with Crippen molar-refractivity contribution >= 4 is 11.9 Å². The molecule has 18 heavy (non-hydrogen) atoms. The summed E-state index contributed by atoms with van der Waals surface area (Å²) in [6.45, 7) is 1.24. The molecule has 2 unspecified atom stereocenters. The second-order valence-corrected chi connectivity index (χ2v) is 4.26. The molecule has 0 radical (unpaired) electrons. The van der Waals surface area contributed by atoms with Crippen molar-refractivity contribution in [3.63, 3.8) is 0 Å². The zero-order valence-corrected chi connectivity index (χ0v) is 10.3. The Labute approximate surface area is 105 Å². The van der Waals surface area contributed by atoms with Crippen molar-refractivity contribution < 1.29 is 24.5 Å². The molecular formula is C13H16O5. The highest BCUT2D eigenvalue weighted by atomic mass is 16.5. The zero-order valence-electron chi connectivity index (χ0n) is 10.3. The summed E-state index contributed by atoms with van der Waals surface area (Å²) in [6, 6.07) is 8.59. The lowest BCUT2D eigenvalue weighted by Crippen LogP contribution is -2.38. The van der Waals surface area contributed by atoms with Crippen LogP contribution >= 0.6 is 0 Å². The van der Waals surface area contributed by atoms with Crippen molar-refractivity contribution in [1.29, 1.82) is 0 Å². The number of methoxy groups -OCH3 is 1. The van der Waals surface area contributed by atoms with Gasteiger partial charge < -0.3 is 14.9 Å². The molecule has 0 amide bonds. The summed E-state index contributed by atoms with van der Waals surface area (Å²) in [6.07, 6.45) is -1.27. The van der Waals surface area contributed by atoms with Gasteiger partial charge in [-0.05, 0) is 12.5 Å². The Morgan fingerprint density at radius 3 is 2.33 bits per heavy atom. The van der Waals surface area contributed by atoms with E-state index in [1.165, 1.54) is 6.92 Å².